The lowest BCUT2D eigenvalue weighted by Gasteiger charge is -2.43. The standard InChI is InChI=1S/C27H30ClFN4O2/c1-6-22(34)32-11-12-33(17(4)15-32)25-19-13-20(28)23(18-9-7-8-10-21(18)29)30-24(19)27(5,14-16(2)3)26(35)31-25/h6-10,13,16-17H,1,11-12,14-15H2,2-5H3/t17-,27+/m0/s1. The van der Waals surface area contributed by atoms with E-state index in [0.29, 0.717) is 48.8 Å². The van der Waals surface area contributed by atoms with Crippen molar-refractivity contribution in [3.05, 3.63) is 65.1 Å². The van der Waals surface area contributed by atoms with Crippen LogP contribution >= 0.6 is 11.6 Å². The van der Waals surface area contributed by atoms with E-state index in [9.17, 15) is 14.0 Å². The first-order valence-corrected chi connectivity index (χ1v) is 12.2. The Morgan fingerprint density at radius 2 is 2.03 bits per heavy atom. The van der Waals surface area contributed by atoms with E-state index in [2.05, 4.69) is 11.6 Å². The number of rotatable bonds is 4. The molecule has 3 heterocycles. The molecule has 6 nitrogen and oxygen atoms in total. The van der Waals surface area contributed by atoms with Gasteiger partial charge >= 0.3 is 0 Å². The minimum absolute atomic E-state index is 0.0912. The van der Waals surface area contributed by atoms with Gasteiger partial charge in [0.05, 0.1) is 21.8 Å². The molecular formula is C27H30ClFN4O2. The van der Waals surface area contributed by atoms with E-state index in [4.69, 9.17) is 16.6 Å². The van der Waals surface area contributed by atoms with Gasteiger partial charge in [0.1, 0.15) is 11.7 Å². The smallest absolute Gasteiger partial charge is 0.259 e. The Hall–Kier alpha value is -3.06. The maximum atomic E-state index is 14.7. The summed E-state index contributed by atoms with van der Waals surface area (Å²) in [5.41, 5.74) is 0.853. The number of halogens is 2. The first kappa shape index (κ1) is 25.0. The summed E-state index contributed by atoms with van der Waals surface area (Å²) in [4.78, 5) is 38.8. The molecule has 35 heavy (non-hydrogen) atoms. The molecule has 2 aromatic rings. The molecule has 0 spiro atoms. The van der Waals surface area contributed by atoms with E-state index >= 15 is 0 Å². The van der Waals surface area contributed by atoms with Crippen LogP contribution in [0.3, 0.4) is 0 Å². The monoisotopic (exact) mass is 496 g/mol. The SMILES string of the molecule is C=CC(=O)N1CCN(C2=NC(=O)[C@](C)(CC(C)C)c3nc(-c4ccccc4F)c(Cl)cc32)[C@@H](C)C1. The largest absolute Gasteiger partial charge is 0.350 e. The summed E-state index contributed by atoms with van der Waals surface area (Å²) in [6.45, 7) is 13.0. The van der Waals surface area contributed by atoms with Crippen LogP contribution in [-0.2, 0) is 15.0 Å². The number of amidine groups is 1. The summed E-state index contributed by atoms with van der Waals surface area (Å²) < 4.78 is 14.7. The van der Waals surface area contributed by atoms with E-state index in [1.165, 1.54) is 12.1 Å². The molecule has 0 N–H and O–H groups in total. The van der Waals surface area contributed by atoms with Crippen LogP contribution in [-0.4, -0.2) is 58.1 Å². The Kier molecular flexibility index (Phi) is 6.82. The second-order valence-corrected chi connectivity index (χ2v) is 10.3. The van der Waals surface area contributed by atoms with Gasteiger partial charge in [-0.15, -0.1) is 0 Å². The summed E-state index contributed by atoms with van der Waals surface area (Å²) in [6, 6.07) is 8.00. The van der Waals surface area contributed by atoms with Crippen LogP contribution in [0.15, 0.2) is 48.0 Å². The van der Waals surface area contributed by atoms with Gasteiger partial charge in [0.25, 0.3) is 5.91 Å². The average molecular weight is 497 g/mol. The Labute approximate surface area is 210 Å². The third-order valence-electron chi connectivity index (χ3n) is 6.75. The van der Waals surface area contributed by atoms with Gasteiger partial charge in [-0.25, -0.2) is 9.37 Å². The number of carbonyl (C=O) groups is 2. The Balaban J connectivity index is 1.85. The molecule has 1 fully saturated rings. The van der Waals surface area contributed by atoms with E-state index in [-0.39, 0.29) is 34.4 Å². The topological polar surface area (TPSA) is 65.9 Å². The molecule has 2 aliphatic heterocycles. The van der Waals surface area contributed by atoms with Crippen molar-refractivity contribution < 1.29 is 14.0 Å². The molecule has 0 bridgehead atoms. The van der Waals surface area contributed by atoms with Crippen LogP contribution in [0.2, 0.25) is 5.02 Å². The fraction of sp³-hybridized carbons (Fsp3) is 0.407. The van der Waals surface area contributed by atoms with Gasteiger partial charge < -0.3 is 9.80 Å². The lowest BCUT2D eigenvalue weighted by atomic mass is 9.74. The molecule has 4 rings (SSSR count). The van der Waals surface area contributed by atoms with Crippen LogP contribution < -0.4 is 0 Å². The van der Waals surface area contributed by atoms with Crippen molar-refractivity contribution in [2.24, 2.45) is 10.9 Å². The number of carbonyl (C=O) groups excluding carboxylic acids is 2. The molecule has 2 amide bonds. The Bertz CT molecular complexity index is 1230. The summed E-state index contributed by atoms with van der Waals surface area (Å²) >= 11 is 6.68. The van der Waals surface area contributed by atoms with Crippen LogP contribution in [0.25, 0.3) is 11.3 Å². The second-order valence-electron chi connectivity index (χ2n) is 9.90. The zero-order valence-corrected chi connectivity index (χ0v) is 21.3. The number of hydrogen-bond acceptors (Lipinski definition) is 4. The predicted molar refractivity (Wildman–Crippen MR) is 136 cm³/mol. The zero-order valence-electron chi connectivity index (χ0n) is 20.5. The van der Waals surface area contributed by atoms with Crippen LogP contribution in [0.4, 0.5) is 4.39 Å². The van der Waals surface area contributed by atoms with Crippen LogP contribution in [0, 0.1) is 11.7 Å². The third kappa shape index (κ3) is 4.49. The van der Waals surface area contributed by atoms with E-state index in [0.717, 1.165) is 0 Å². The second kappa shape index (κ2) is 9.53. The minimum atomic E-state index is -0.971. The number of aliphatic imine (C=N–C) groups is 1. The van der Waals surface area contributed by atoms with Crippen molar-refractivity contribution in [3.63, 3.8) is 0 Å². The van der Waals surface area contributed by atoms with Gasteiger partial charge in [-0.05, 0) is 50.5 Å². The number of benzene rings is 1. The summed E-state index contributed by atoms with van der Waals surface area (Å²) in [7, 11) is 0. The molecule has 0 radical (unpaired) electrons. The minimum Gasteiger partial charge on any atom is -0.350 e. The number of amides is 2. The molecule has 1 saturated heterocycles. The maximum absolute atomic E-state index is 14.7. The number of hydrogen-bond donors (Lipinski definition) is 0. The maximum Gasteiger partial charge on any atom is 0.259 e. The number of piperazine rings is 1. The summed E-state index contributed by atoms with van der Waals surface area (Å²) in [5.74, 6) is -0.128. The van der Waals surface area contributed by atoms with Crippen LogP contribution in [0.1, 0.15) is 45.4 Å². The van der Waals surface area contributed by atoms with Gasteiger partial charge in [0.15, 0.2) is 0 Å². The van der Waals surface area contributed by atoms with Gasteiger partial charge in [-0.2, -0.15) is 4.99 Å². The quantitative estimate of drug-likeness (QED) is 0.567. The summed E-state index contributed by atoms with van der Waals surface area (Å²) in [6.07, 6.45) is 1.85. The van der Waals surface area contributed by atoms with Gasteiger partial charge in [-0.3, -0.25) is 9.59 Å². The molecule has 1 aromatic heterocycles. The van der Waals surface area contributed by atoms with Crippen molar-refractivity contribution in [1.82, 2.24) is 14.8 Å². The Morgan fingerprint density at radius 3 is 2.66 bits per heavy atom. The average Bonchev–Trinajstić information content (AvgIpc) is 2.81. The summed E-state index contributed by atoms with van der Waals surface area (Å²) in [5, 5.41) is 0.288. The van der Waals surface area contributed by atoms with E-state index in [1.54, 1.807) is 29.2 Å². The lowest BCUT2D eigenvalue weighted by Crippen LogP contribution is -2.57. The van der Waals surface area contributed by atoms with Crippen LogP contribution in [0.5, 0.6) is 0 Å². The van der Waals surface area contributed by atoms with E-state index < -0.39 is 11.2 Å². The highest BCUT2D eigenvalue weighted by Gasteiger charge is 2.45. The van der Waals surface area contributed by atoms with Gasteiger partial charge in [-0.1, -0.05) is 44.2 Å². The molecule has 0 saturated carbocycles. The molecule has 184 valence electrons. The Morgan fingerprint density at radius 1 is 1.31 bits per heavy atom. The van der Waals surface area contributed by atoms with Crippen molar-refractivity contribution >= 4 is 29.3 Å². The fourth-order valence-electron chi connectivity index (χ4n) is 5.12. The molecule has 2 atom stereocenters. The predicted octanol–water partition coefficient (Wildman–Crippen LogP) is 4.85. The first-order valence-electron chi connectivity index (χ1n) is 11.8. The van der Waals surface area contributed by atoms with Crippen molar-refractivity contribution in [2.45, 2.75) is 45.6 Å². The molecule has 1 aromatic carbocycles. The number of aromatic nitrogens is 1. The molecule has 8 heteroatoms. The molecular weight excluding hydrogens is 467 g/mol. The highest BCUT2D eigenvalue weighted by molar-refractivity contribution is 6.33. The first-order chi connectivity index (χ1) is 16.6. The third-order valence-corrected chi connectivity index (χ3v) is 7.04. The lowest BCUT2D eigenvalue weighted by molar-refractivity contribution is -0.128. The highest BCUT2D eigenvalue weighted by atomic mass is 35.5. The molecule has 0 aliphatic carbocycles. The highest BCUT2D eigenvalue weighted by Crippen LogP contribution is 2.41. The molecule has 0 unspecified atom stereocenters. The van der Waals surface area contributed by atoms with Gasteiger partial charge in [0.2, 0.25) is 5.91 Å². The zero-order chi connectivity index (χ0) is 25.5. The van der Waals surface area contributed by atoms with Crippen molar-refractivity contribution in [2.75, 3.05) is 19.6 Å². The normalized spacial score (nSPS) is 22.2. The number of nitrogens with zero attached hydrogens (tertiary/aromatic N) is 4. The van der Waals surface area contributed by atoms with Gasteiger partial charge in [0, 0.05) is 36.8 Å². The van der Waals surface area contributed by atoms with Crippen molar-refractivity contribution in [3.8, 4) is 11.3 Å². The molecule has 2 aliphatic rings. The number of pyridine rings is 1. The fourth-order valence-corrected chi connectivity index (χ4v) is 5.38. The number of fused-ring (bicyclic) bond motifs is 1. The van der Waals surface area contributed by atoms with Crippen molar-refractivity contribution in [1.29, 1.82) is 0 Å². The van der Waals surface area contributed by atoms with E-state index in [1.807, 2.05) is 32.6 Å².